The molecule has 2 aromatic rings. The maximum Gasteiger partial charge on any atom is 0.338 e. The summed E-state index contributed by atoms with van der Waals surface area (Å²) in [5, 5.41) is 0. The molecule has 1 aromatic carbocycles. The smallest absolute Gasteiger partial charge is 0.338 e. The lowest BCUT2D eigenvalue weighted by atomic mass is 10.0. The molecular formula is C22H23NO6. The zero-order valence-corrected chi connectivity index (χ0v) is 16.3. The fraction of sp³-hybridized carbons (Fsp3) is 0.318. The Balaban J connectivity index is 1.63. The minimum atomic E-state index is -0.634. The van der Waals surface area contributed by atoms with Gasteiger partial charge in [0.1, 0.15) is 5.76 Å². The standard InChI is InChI=1S/C22H23NO6/c1-27-21(25)16-9-11-17(12-10-16)22(26)29-15-20(24)23(14-19-8-5-13-28-19)18-6-3-2-4-7-18/h5-6,8-13H,2-4,7,14-15H2,1H3. The van der Waals surface area contributed by atoms with Gasteiger partial charge in [-0.25, -0.2) is 9.59 Å². The van der Waals surface area contributed by atoms with E-state index in [1.165, 1.54) is 31.4 Å². The molecule has 0 spiro atoms. The van der Waals surface area contributed by atoms with Crippen LogP contribution in [0, 0.1) is 0 Å². The number of esters is 2. The third-order valence-electron chi connectivity index (χ3n) is 4.68. The molecule has 0 N–H and O–H groups in total. The minimum absolute atomic E-state index is 0.250. The van der Waals surface area contributed by atoms with E-state index < -0.39 is 11.9 Å². The highest BCUT2D eigenvalue weighted by atomic mass is 16.5. The Hall–Kier alpha value is -3.35. The van der Waals surface area contributed by atoms with Gasteiger partial charge in [-0.05, 0) is 62.1 Å². The first kappa shape index (κ1) is 20.4. The molecule has 0 unspecified atom stereocenters. The van der Waals surface area contributed by atoms with Crippen LogP contribution in [0.5, 0.6) is 0 Å². The average Bonchev–Trinajstić information content (AvgIpc) is 3.29. The van der Waals surface area contributed by atoms with E-state index in [9.17, 15) is 14.4 Å². The third kappa shape index (κ3) is 5.34. The molecule has 1 heterocycles. The Morgan fingerprint density at radius 1 is 1.03 bits per heavy atom. The Labute approximate surface area is 168 Å². The van der Waals surface area contributed by atoms with Gasteiger partial charge in [0, 0.05) is 5.70 Å². The molecule has 0 radical (unpaired) electrons. The number of methoxy groups -OCH3 is 1. The van der Waals surface area contributed by atoms with E-state index in [1.807, 2.05) is 0 Å². The lowest BCUT2D eigenvalue weighted by Gasteiger charge is -2.26. The molecule has 0 saturated heterocycles. The van der Waals surface area contributed by atoms with Crippen molar-refractivity contribution in [2.24, 2.45) is 0 Å². The van der Waals surface area contributed by atoms with Crippen LogP contribution >= 0.6 is 0 Å². The van der Waals surface area contributed by atoms with Crippen LogP contribution in [0.4, 0.5) is 0 Å². The van der Waals surface area contributed by atoms with E-state index in [0.717, 1.165) is 31.4 Å². The molecule has 7 heteroatoms. The number of benzene rings is 1. The second kappa shape index (κ2) is 9.73. The number of ether oxygens (including phenoxy) is 2. The summed E-state index contributed by atoms with van der Waals surface area (Å²) in [5.74, 6) is -0.775. The molecule has 0 bridgehead atoms. The second-order valence-corrected chi connectivity index (χ2v) is 6.65. The highest BCUT2D eigenvalue weighted by molar-refractivity contribution is 5.94. The molecule has 0 saturated carbocycles. The number of carbonyl (C=O) groups is 3. The van der Waals surface area contributed by atoms with Crippen LogP contribution in [0.3, 0.4) is 0 Å². The maximum atomic E-state index is 12.8. The lowest BCUT2D eigenvalue weighted by Crippen LogP contribution is -2.34. The normalized spacial score (nSPS) is 13.3. The number of hydrogen-bond acceptors (Lipinski definition) is 6. The number of carbonyl (C=O) groups excluding carboxylic acids is 3. The Morgan fingerprint density at radius 2 is 1.76 bits per heavy atom. The van der Waals surface area contributed by atoms with Gasteiger partial charge in [-0.1, -0.05) is 6.08 Å². The van der Waals surface area contributed by atoms with Crippen LogP contribution in [-0.2, 0) is 20.8 Å². The summed E-state index contributed by atoms with van der Waals surface area (Å²) < 4.78 is 15.2. The average molecular weight is 397 g/mol. The molecular weight excluding hydrogens is 374 g/mol. The van der Waals surface area contributed by atoms with Crippen molar-refractivity contribution < 1.29 is 28.3 Å². The molecule has 1 aromatic heterocycles. The van der Waals surface area contributed by atoms with E-state index >= 15 is 0 Å². The highest BCUT2D eigenvalue weighted by Crippen LogP contribution is 2.23. The summed E-state index contributed by atoms with van der Waals surface area (Å²) in [6.45, 7) is -0.0846. The van der Waals surface area contributed by atoms with Crippen molar-refractivity contribution in [3.05, 3.63) is 71.3 Å². The van der Waals surface area contributed by atoms with Gasteiger partial charge in [-0.15, -0.1) is 0 Å². The molecule has 1 aliphatic carbocycles. The van der Waals surface area contributed by atoms with Crippen LogP contribution in [-0.4, -0.2) is 36.5 Å². The molecule has 3 rings (SSSR count). The van der Waals surface area contributed by atoms with Crippen molar-refractivity contribution in [1.29, 1.82) is 0 Å². The van der Waals surface area contributed by atoms with E-state index in [-0.39, 0.29) is 18.1 Å². The van der Waals surface area contributed by atoms with Crippen molar-refractivity contribution in [3.63, 3.8) is 0 Å². The number of nitrogens with zero attached hydrogens (tertiary/aromatic N) is 1. The molecule has 1 aliphatic rings. The fourth-order valence-electron chi connectivity index (χ4n) is 3.12. The Morgan fingerprint density at radius 3 is 2.34 bits per heavy atom. The minimum Gasteiger partial charge on any atom is -0.467 e. The molecule has 0 atom stereocenters. The van der Waals surface area contributed by atoms with Crippen LogP contribution in [0.25, 0.3) is 0 Å². The SMILES string of the molecule is COC(=O)c1ccc(C(=O)OCC(=O)N(Cc2ccco2)C2=CCCCC2)cc1. The van der Waals surface area contributed by atoms with Crippen molar-refractivity contribution in [2.75, 3.05) is 13.7 Å². The molecule has 29 heavy (non-hydrogen) atoms. The fourth-order valence-corrected chi connectivity index (χ4v) is 3.12. The second-order valence-electron chi connectivity index (χ2n) is 6.65. The van der Waals surface area contributed by atoms with Gasteiger partial charge in [0.05, 0.1) is 31.0 Å². The quantitative estimate of drug-likeness (QED) is 0.662. The highest BCUT2D eigenvalue weighted by Gasteiger charge is 2.22. The van der Waals surface area contributed by atoms with Crippen molar-refractivity contribution in [3.8, 4) is 0 Å². The summed E-state index contributed by atoms with van der Waals surface area (Å²) in [5.41, 5.74) is 1.50. The lowest BCUT2D eigenvalue weighted by molar-refractivity contribution is -0.133. The van der Waals surface area contributed by atoms with Gasteiger partial charge >= 0.3 is 11.9 Å². The van der Waals surface area contributed by atoms with Gasteiger partial charge in [-0.3, -0.25) is 4.79 Å². The maximum absolute atomic E-state index is 12.8. The zero-order valence-electron chi connectivity index (χ0n) is 16.3. The third-order valence-corrected chi connectivity index (χ3v) is 4.68. The Kier molecular flexibility index (Phi) is 6.84. The van der Waals surface area contributed by atoms with Crippen molar-refractivity contribution in [1.82, 2.24) is 4.90 Å². The number of furan rings is 1. The topological polar surface area (TPSA) is 86.1 Å². The first-order valence-electron chi connectivity index (χ1n) is 9.46. The number of allylic oxidation sites excluding steroid dienone is 2. The van der Waals surface area contributed by atoms with Gasteiger partial charge < -0.3 is 18.8 Å². The van der Waals surface area contributed by atoms with Crippen LogP contribution in [0.15, 0.2) is 58.9 Å². The summed E-state index contributed by atoms with van der Waals surface area (Å²) in [6.07, 6.45) is 7.45. The van der Waals surface area contributed by atoms with Crippen LogP contribution < -0.4 is 0 Å². The monoisotopic (exact) mass is 397 g/mol. The zero-order chi connectivity index (χ0) is 20.6. The summed E-state index contributed by atoms with van der Waals surface area (Å²) in [4.78, 5) is 38.1. The number of hydrogen-bond donors (Lipinski definition) is 0. The molecule has 0 fully saturated rings. The molecule has 7 nitrogen and oxygen atoms in total. The van der Waals surface area contributed by atoms with Crippen molar-refractivity contribution in [2.45, 2.75) is 32.2 Å². The predicted molar refractivity (Wildman–Crippen MR) is 104 cm³/mol. The van der Waals surface area contributed by atoms with E-state index in [1.54, 1.807) is 23.3 Å². The van der Waals surface area contributed by atoms with E-state index in [2.05, 4.69) is 10.8 Å². The Bertz CT molecular complexity index is 883. The molecule has 152 valence electrons. The first-order chi connectivity index (χ1) is 14.1. The van der Waals surface area contributed by atoms with E-state index in [4.69, 9.17) is 9.15 Å². The summed E-state index contributed by atoms with van der Waals surface area (Å²) >= 11 is 0. The van der Waals surface area contributed by atoms with E-state index in [0.29, 0.717) is 17.9 Å². The van der Waals surface area contributed by atoms with Crippen LogP contribution in [0.1, 0.15) is 52.2 Å². The number of amides is 1. The largest absolute Gasteiger partial charge is 0.467 e. The summed E-state index contributed by atoms with van der Waals surface area (Å²) in [7, 11) is 1.28. The summed E-state index contributed by atoms with van der Waals surface area (Å²) in [6, 6.07) is 9.44. The van der Waals surface area contributed by atoms with Crippen LogP contribution in [0.2, 0.25) is 0 Å². The molecule has 1 amide bonds. The van der Waals surface area contributed by atoms with Gasteiger partial charge in [0.15, 0.2) is 6.61 Å². The van der Waals surface area contributed by atoms with Gasteiger partial charge in [0.25, 0.3) is 5.91 Å². The first-order valence-corrected chi connectivity index (χ1v) is 9.46. The van der Waals surface area contributed by atoms with Crippen molar-refractivity contribution >= 4 is 17.8 Å². The van der Waals surface area contributed by atoms with Gasteiger partial charge in [-0.2, -0.15) is 0 Å². The molecule has 0 aliphatic heterocycles. The predicted octanol–water partition coefficient (Wildman–Crippen LogP) is 3.71. The number of rotatable bonds is 7. The van der Waals surface area contributed by atoms with Gasteiger partial charge in [0.2, 0.25) is 0 Å².